The van der Waals surface area contributed by atoms with E-state index in [9.17, 15) is 14.0 Å². The molecule has 2 amide bonds. The second-order valence-electron chi connectivity index (χ2n) is 6.28. The van der Waals surface area contributed by atoms with E-state index in [2.05, 4.69) is 11.9 Å². The number of benzene rings is 2. The van der Waals surface area contributed by atoms with E-state index in [0.29, 0.717) is 29.2 Å². The Labute approximate surface area is 156 Å². The van der Waals surface area contributed by atoms with E-state index in [0.717, 1.165) is 5.57 Å². The van der Waals surface area contributed by atoms with Crippen LogP contribution in [0, 0.1) is 5.82 Å². The van der Waals surface area contributed by atoms with Crippen LogP contribution in [0.3, 0.4) is 0 Å². The van der Waals surface area contributed by atoms with Crippen molar-refractivity contribution in [1.82, 2.24) is 0 Å². The van der Waals surface area contributed by atoms with Gasteiger partial charge in [-0.25, -0.2) is 4.39 Å². The third-order valence-corrected chi connectivity index (χ3v) is 3.90. The van der Waals surface area contributed by atoms with Gasteiger partial charge in [-0.15, -0.1) is 0 Å². The van der Waals surface area contributed by atoms with Gasteiger partial charge in [0.25, 0.3) is 5.91 Å². The maximum Gasteiger partial charge on any atom is 0.265 e. The zero-order chi connectivity index (χ0) is 19.4. The van der Waals surface area contributed by atoms with Crippen LogP contribution < -0.4 is 15.0 Å². The van der Waals surface area contributed by atoms with Crippen molar-refractivity contribution < 1.29 is 18.7 Å². The number of carbonyl (C=O) groups is 2. The molecule has 1 N–H and O–H groups in total. The molecule has 0 radical (unpaired) electrons. The van der Waals surface area contributed by atoms with Crippen LogP contribution in [-0.4, -0.2) is 25.0 Å². The van der Waals surface area contributed by atoms with Crippen LogP contribution in [0.1, 0.15) is 12.5 Å². The van der Waals surface area contributed by atoms with E-state index in [1.807, 2.05) is 6.92 Å². The van der Waals surface area contributed by atoms with Gasteiger partial charge >= 0.3 is 0 Å². The normalized spacial score (nSPS) is 13.3. The molecule has 5 nitrogen and oxygen atoms in total. The summed E-state index contributed by atoms with van der Waals surface area (Å²) in [5, 5.41) is 2.74. The Hall–Kier alpha value is -3.41. The van der Waals surface area contributed by atoms with Crippen molar-refractivity contribution in [2.75, 3.05) is 23.4 Å². The molecule has 0 saturated heterocycles. The smallest absolute Gasteiger partial charge is 0.265 e. The Morgan fingerprint density at radius 1 is 1.30 bits per heavy atom. The van der Waals surface area contributed by atoms with Crippen LogP contribution in [-0.2, 0) is 9.59 Å². The zero-order valence-corrected chi connectivity index (χ0v) is 14.9. The molecule has 0 bridgehead atoms. The summed E-state index contributed by atoms with van der Waals surface area (Å²) in [5.41, 5.74) is 2.77. The Balaban J connectivity index is 1.71. The van der Waals surface area contributed by atoms with Crippen LogP contribution >= 0.6 is 0 Å². The molecule has 0 fully saturated rings. The third-order valence-electron chi connectivity index (χ3n) is 3.90. The summed E-state index contributed by atoms with van der Waals surface area (Å²) in [4.78, 5) is 25.8. The van der Waals surface area contributed by atoms with E-state index in [1.165, 1.54) is 18.2 Å². The molecular formula is C21H19FN2O3. The maximum absolute atomic E-state index is 12.9. The molecule has 1 aliphatic rings. The first kappa shape index (κ1) is 18.4. The highest BCUT2D eigenvalue weighted by Crippen LogP contribution is 2.34. The second kappa shape index (κ2) is 7.86. The summed E-state index contributed by atoms with van der Waals surface area (Å²) in [6.45, 7) is 6.06. The predicted octanol–water partition coefficient (Wildman–Crippen LogP) is 3.78. The van der Waals surface area contributed by atoms with Crippen LogP contribution in [0.5, 0.6) is 5.75 Å². The molecule has 0 aliphatic carbocycles. The average Bonchev–Trinajstić information content (AvgIpc) is 2.63. The van der Waals surface area contributed by atoms with Crippen molar-refractivity contribution in [2.45, 2.75) is 6.92 Å². The molecule has 138 valence electrons. The SMILES string of the molecule is C=C(C)CN1C(=O)COc2cc(NC(=O)/C=C/c3ccc(F)cc3)ccc21. The molecular weight excluding hydrogens is 347 g/mol. The molecule has 6 heteroatoms. The molecule has 2 aromatic carbocycles. The van der Waals surface area contributed by atoms with E-state index in [-0.39, 0.29) is 24.2 Å². The maximum atomic E-state index is 12.9. The number of nitrogens with one attached hydrogen (secondary N) is 1. The average molecular weight is 366 g/mol. The lowest BCUT2D eigenvalue weighted by molar-refractivity contribution is -0.121. The molecule has 0 unspecified atom stereocenters. The molecule has 1 aliphatic heterocycles. The number of carbonyl (C=O) groups excluding carboxylic acids is 2. The van der Waals surface area contributed by atoms with Crippen LogP contribution in [0.25, 0.3) is 6.08 Å². The van der Waals surface area contributed by atoms with Crippen molar-refractivity contribution in [2.24, 2.45) is 0 Å². The number of halogens is 1. The van der Waals surface area contributed by atoms with Crippen molar-refractivity contribution >= 4 is 29.3 Å². The Morgan fingerprint density at radius 3 is 2.74 bits per heavy atom. The van der Waals surface area contributed by atoms with Gasteiger partial charge in [0.15, 0.2) is 6.61 Å². The molecule has 0 aromatic heterocycles. The van der Waals surface area contributed by atoms with Crippen LogP contribution in [0.15, 0.2) is 60.7 Å². The standard InChI is InChI=1S/C21H19FN2O3/c1-14(2)12-24-18-9-8-17(11-19(18)27-13-21(24)26)23-20(25)10-5-15-3-6-16(22)7-4-15/h3-11H,1,12-13H2,2H3,(H,23,25)/b10-5+. The summed E-state index contributed by atoms with van der Waals surface area (Å²) in [7, 11) is 0. The Kier molecular flexibility index (Phi) is 5.35. The fraction of sp³-hybridized carbons (Fsp3) is 0.143. The van der Waals surface area contributed by atoms with Crippen molar-refractivity contribution in [3.05, 3.63) is 72.1 Å². The first-order chi connectivity index (χ1) is 12.9. The Morgan fingerprint density at radius 2 is 2.04 bits per heavy atom. The summed E-state index contributed by atoms with van der Waals surface area (Å²) < 4.78 is 18.4. The second-order valence-corrected chi connectivity index (χ2v) is 6.28. The summed E-state index contributed by atoms with van der Waals surface area (Å²) in [6.07, 6.45) is 2.96. The summed E-state index contributed by atoms with van der Waals surface area (Å²) in [6, 6.07) is 10.9. The molecule has 0 spiro atoms. The first-order valence-electron chi connectivity index (χ1n) is 8.38. The number of nitrogens with zero attached hydrogens (tertiary/aromatic N) is 1. The molecule has 0 atom stereocenters. The molecule has 2 aromatic rings. The lowest BCUT2D eigenvalue weighted by Gasteiger charge is -2.29. The number of hydrogen-bond donors (Lipinski definition) is 1. The van der Waals surface area contributed by atoms with Gasteiger partial charge in [-0.2, -0.15) is 0 Å². The van der Waals surface area contributed by atoms with Gasteiger partial charge in [0.2, 0.25) is 5.91 Å². The fourth-order valence-corrected chi connectivity index (χ4v) is 2.66. The zero-order valence-electron chi connectivity index (χ0n) is 14.9. The number of rotatable bonds is 5. The molecule has 0 saturated carbocycles. The van der Waals surface area contributed by atoms with Crippen LogP contribution in [0.4, 0.5) is 15.8 Å². The highest BCUT2D eigenvalue weighted by molar-refractivity contribution is 6.03. The van der Waals surface area contributed by atoms with Crippen molar-refractivity contribution in [1.29, 1.82) is 0 Å². The summed E-state index contributed by atoms with van der Waals surface area (Å²) >= 11 is 0. The number of ether oxygens (including phenoxy) is 1. The minimum Gasteiger partial charge on any atom is -0.481 e. The van der Waals surface area contributed by atoms with Crippen LogP contribution in [0.2, 0.25) is 0 Å². The van der Waals surface area contributed by atoms with Gasteiger partial charge in [-0.3, -0.25) is 9.59 Å². The molecule has 27 heavy (non-hydrogen) atoms. The number of fused-ring (bicyclic) bond motifs is 1. The predicted molar refractivity (Wildman–Crippen MR) is 103 cm³/mol. The fourth-order valence-electron chi connectivity index (χ4n) is 2.66. The number of anilines is 2. The lowest BCUT2D eigenvalue weighted by Crippen LogP contribution is -2.39. The van der Waals surface area contributed by atoms with Gasteiger partial charge in [-0.05, 0) is 42.8 Å². The topological polar surface area (TPSA) is 58.6 Å². The summed E-state index contributed by atoms with van der Waals surface area (Å²) in [5.74, 6) is -0.268. The van der Waals surface area contributed by atoms with E-state index < -0.39 is 0 Å². The number of hydrogen-bond acceptors (Lipinski definition) is 3. The van der Waals surface area contributed by atoms with E-state index in [4.69, 9.17) is 4.74 Å². The number of amides is 2. The lowest BCUT2D eigenvalue weighted by atomic mass is 10.2. The molecule has 3 rings (SSSR count). The van der Waals surface area contributed by atoms with Gasteiger partial charge in [-0.1, -0.05) is 24.3 Å². The molecule has 1 heterocycles. The van der Waals surface area contributed by atoms with Gasteiger partial charge in [0.05, 0.1) is 5.69 Å². The Bertz CT molecular complexity index is 920. The van der Waals surface area contributed by atoms with Crippen molar-refractivity contribution in [3.8, 4) is 5.75 Å². The highest BCUT2D eigenvalue weighted by Gasteiger charge is 2.25. The third kappa shape index (κ3) is 4.61. The van der Waals surface area contributed by atoms with Gasteiger partial charge in [0, 0.05) is 24.4 Å². The first-order valence-corrected chi connectivity index (χ1v) is 8.38. The minimum atomic E-state index is -0.329. The van der Waals surface area contributed by atoms with E-state index >= 15 is 0 Å². The van der Waals surface area contributed by atoms with Gasteiger partial charge in [0.1, 0.15) is 11.6 Å². The van der Waals surface area contributed by atoms with Gasteiger partial charge < -0.3 is 15.0 Å². The monoisotopic (exact) mass is 366 g/mol. The van der Waals surface area contributed by atoms with Crippen molar-refractivity contribution in [3.63, 3.8) is 0 Å². The quantitative estimate of drug-likeness (QED) is 0.647. The minimum absolute atomic E-state index is 0.0534. The van der Waals surface area contributed by atoms with E-state index in [1.54, 1.807) is 41.3 Å². The largest absolute Gasteiger partial charge is 0.481 e. The highest BCUT2D eigenvalue weighted by atomic mass is 19.1.